The maximum absolute atomic E-state index is 10.9. The topological polar surface area (TPSA) is 40.5 Å². The van der Waals surface area contributed by atoms with Crippen molar-refractivity contribution in [2.75, 3.05) is 13.1 Å². The molecule has 1 aliphatic carbocycles. The first kappa shape index (κ1) is 10.9. The average Bonchev–Trinajstić information content (AvgIpc) is 2.50. The van der Waals surface area contributed by atoms with Gasteiger partial charge in [0.15, 0.2) is 0 Å². The Hall–Kier alpha value is -0.570. The van der Waals surface area contributed by atoms with Gasteiger partial charge in [-0.2, -0.15) is 0 Å². The lowest BCUT2D eigenvalue weighted by Gasteiger charge is -2.40. The Kier molecular flexibility index (Phi) is 3.29. The fourth-order valence-corrected chi connectivity index (χ4v) is 3.02. The third-order valence-corrected chi connectivity index (χ3v) is 4.04. The van der Waals surface area contributed by atoms with E-state index < -0.39 is 5.97 Å². The van der Waals surface area contributed by atoms with E-state index in [9.17, 15) is 4.79 Å². The highest BCUT2D eigenvalue weighted by Gasteiger charge is 2.42. The van der Waals surface area contributed by atoms with E-state index in [0.717, 1.165) is 31.8 Å². The smallest absolute Gasteiger partial charge is 0.308 e. The zero-order chi connectivity index (χ0) is 10.8. The summed E-state index contributed by atoms with van der Waals surface area (Å²) in [7, 11) is 0. The lowest BCUT2D eigenvalue weighted by Crippen LogP contribution is -2.49. The lowest BCUT2D eigenvalue weighted by molar-refractivity contribution is -0.148. The molecule has 1 saturated carbocycles. The van der Waals surface area contributed by atoms with E-state index in [0.29, 0.717) is 6.04 Å². The monoisotopic (exact) mass is 211 g/mol. The standard InChI is InChI=1S/C12H21NO2/c1-2-3-9-6-7-13(8-9)11-5-4-10(11)12(14)15/h9-11H,2-8H2,1H3,(H,14,15). The fourth-order valence-electron chi connectivity index (χ4n) is 3.02. The third-order valence-electron chi connectivity index (χ3n) is 4.04. The highest BCUT2D eigenvalue weighted by atomic mass is 16.4. The predicted octanol–water partition coefficient (Wildman–Crippen LogP) is 1.97. The minimum absolute atomic E-state index is 0.0784. The molecule has 0 aromatic carbocycles. The number of hydrogen-bond donors (Lipinski definition) is 1. The molecule has 0 bridgehead atoms. The molecule has 2 aliphatic rings. The Morgan fingerprint density at radius 3 is 2.73 bits per heavy atom. The van der Waals surface area contributed by atoms with Crippen molar-refractivity contribution in [3.05, 3.63) is 0 Å². The molecule has 0 aromatic heterocycles. The molecule has 2 fully saturated rings. The summed E-state index contributed by atoms with van der Waals surface area (Å²) in [6, 6.07) is 0.351. The molecule has 1 N–H and O–H groups in total. The van der Waals surface area contributed by atoms with E-state index in [1.807, 2.05) is 0 Å². The molecule has 0 spiro atoms. The minimum atomic E-state index is -0.592. The fraction of sp³-hybridized carbons (Fsp3) is 0.917. The van der Waals surface area contributed by atoms with Gasteiger partial charge in [0, 0.05) is 12.6 Å². The summed E-state index contributed by atoms with van der Waals surface area (Å²) in [5.74, 6) is 0.153. The molecule has 3 unspecified atom stereocenters. The quantitative estimate of drug-likeness (QED) is 0.773. The van der Waals surface area contributed by atoms with E-state index in [1.54, 1.807) is 0 Å². The van der Waals surface area contributed by atoms with E-state index in [4.69, 9.17) is 5.11 Å². The summed E-state index contributed by atoms with van der Waals surface area (Å²) < 4.78 is 0. The molecule has 0 radical (unpaired) electrons. The summed E-state index contributed by atoms with van der Waals surface area (Å²) in [6.45, 7) is 4.49. The van der Waals surface area contributed by atoms with Crippen LogP contribution in [0.2, 0.25) is 0 Å². The maximum Gasteiger partial charge on any atom is 0.308 e. The van der Waals surface area contributed by atoms with Crippen LogP contribution in [0.4, 0.5) is 0 Å². The molecule has 15 heavy (non-hydrogen) atoms. The van der Waals surface area contributed by atoms with Crippen LogP contribution in [0.1, 0.15) is 39.0 Å². The second-order valence-corrected chi connectivity index (χ2v) is 5.03. The average molecular weight is 211 g/mol. The maximum atomic E-state index is 10.9. The lowest BCUT2D eigenvalue weighted by atomic mass is 9.78. The zero-order valence-electron chi connectivity index (χ0n) is 9.48. The van der Waals surface area contributed by atoms with Crippen LogP contribution in [-0.4, -0.2) is 35.1 Å². The molecular formula is C12H21NO2. The molecule has 1 aliphatic heterocycles. The first-order chi connectivity index (χ1) is 7.22. The van der Waals surface area contributed by atoms with Crippen LogP contribution in [0.25, 0.3) is 0 Å². The largest absolute Gasteiger partial charge is 0.481 e. The van der Waals surface area contributed by atoms with E-state index >= 15 is 0 Å². The van der Waals surface area contributed by atoms with Gasteiger partial charge in [-0.25, -0.2) is 0 Å². The molecule has 3 atom stereocenters. The van der Waals surface area contributed by atoms with Gasteiger partial charge in [0.05, 0.1) is 5.92 Å². The van der Waals surface area contributed by atoms with Crippen LogP contribution in [0.3, 0.4) is 0 Å². The zero-order valence-corrected chi connectivity index (χ0v) is 9.48. The van der Waals surface area contributed by atoms with Gasteiger partial charge in [-0.05, 0) is 38.1 Å². The minimum Gasteiger partial charge on any atom is -0.481 e. The summed E-state index contributed by atoms with van der Waals surface area (Å²) in [6.07, 6.45) is 5.81. The molecule has 2 rings (SSSR count). The number of carboxylic acids is 1. The summed E-state index contributed by atoms with van der Waals surface area (Å²) in [5, 5.41) is 9.01. The van der Waals surface area contributed by atoms with Gasteiger partial charge >= 0.3 is 5.97 Å². The van der Waals surface area contributed by atoms with Crippen molar-refractivity contribution in [2.24, 2.45) is 11.8 Å². The van der Waals surface area contributed by atoms with Crippen LogP contribution in [0, 0.1) is 11.8 Å². The third kappa shape index (κ3) is 2.17. The summed E-state index contributed by atoms with van der Waals surface area (Å²) >= 11 is 0. The number of carboxylic acid groups (broad SMARTS) is 1. The highest BCUT2D eigenvalue weighted by Crippen LogP contribution is 2.36. The highest BCUT2D eigenvalue weighted by molar-refractivity contribution is 5.72. The van der Waals surface area contributed by atoms with Crippen molar-refractivity contribution < 1.29 is 9.90 Å². The van der Waals surface area contributed by atoms with Gasteiger partial charge in [-0.1, -0.05) is 13.3 Å². The van der Waals surface area contributed by atoms with Gasteiger partial charge in [0.1, 0.15) is 0 Å². The first-order valence-corrected chi connectivity index (χ1v) is 6.19. The Labute approximate surface area is 91.5 Å². The number of aliphatic carboxylic acids is 1. The van der Waals surface area contributed by atoms with Crippen molar-refractivity contribution in [3.8, 4) is 0 Å². The number of likely N-dealkylation sites (tertiary alicyclic amines) is 1. The van der Waals surface area contributed by atoms with Crippen LogP contribution < -0.4 is 0 Å². The Morgan fingerprint density at radius 2 is 2.20 bits per heavy atom. The molecule has 1 saturated heterocycles. The van der Waals surface area contributed by atoms with Gasteiger partial charge < -0.3 is 5.11 Å². The first-order valence-electron chi connectivity index (χ1n) is 6.19. The molecular weight excluding hydrogens is 190 g/mol. The van der Waals surface area contributed by atoms with Crippen LogP contribution >= 0.6 is 0 Å². The summed E-state index contributed by atoms with van der Waals surface area (Å²) in [5.41, 5.74) is 0. The van der Waals surface area contributed by atoms with Crippen molar-refractivity contribution in [1.29, 1.82) is 0 Å². The van der Waals surface area contributed by atoms with E-state index in [-0.39, 0.29) is 5.92 Å². The van der Waals surface area contributed by atoms with Crippen LogP contribution in [-0.2, 0) is 4.79 Å². The Bertz CT molecular complexity index is 242. The Balaban J connectivity index is 1.83. The van der Waals surface area contributed by atoms with E-state index in [2.05, 4.69) is 11.8 Å². The van der Waals surface area contributed by atoms with Gasteiger partial charge in [-0.15, -0.1) is 0 Å². The Morgan fingerprint density at radius 1 is 1.40 bits per heavy atom. The summed E-state index contributed by atoms with van der Waals surface area (Å²) in [4.78, 5) is 13.3. The second kappa shape index (κ2) is 4.52. The van der Waals surface area contributed by atoms with Crippen molar-refractivity contribution in [3.63, 3.8) is 0 Å². The van der Waals surface area contributed by atoms with Gasteiger partial charge in [0.25, 0.3) is 0 Å². The van der Waals surface area contributed by atoms with E-state index in [1.165, 1.54) is 19.3 Å². The number of carbonyl (C=O) groups is 1. The molecule has 3 heteroatoms. The SMILES string of the molecule is CCCC1CCN(C2CCC2C(=O)O)C1. The van der Waals surface area contributed by atoms with Crippen LogP contribution in [0.5, 0.6) is 0 Å². The van der Waals surface area contributed by atoms with Crippen molar-refractivity contribution >= 4 is 5.97 Å². The number of rotatable bonds is 4. The van der Waals surface area contributed by atoms with Crippen molar-refractivity contribution in [1.82, 2.24) is 4.90 Å². The molecule has 86 valence electrons. The van der Waals surface area contributed by atoms with Crippen LogP contribution in [0.15, 0.2) is 0 Å². The van der Waals surface area contributed by atoms with Crippen molar-refractivity contribution in [2.45, 2.75) is 45.1 Å². The van der Waals surface area contributed by atoms with Gasteiger partial charge in [-0.3, -0.25) is 9.69 Å². The van der Waals surface area contributed by atoms with Gasteiger partial charge in [0.2, 0.25) is 0 Å². The molecule has 0 aromatic rings. The molecule has 0 amide bonds. The number of hydrogen-bond acceptors (Lipinski definition) is 2. The molecule has 3 nitrogen and oxygen atoms in total. The number of nitrogens with zero attached hydrogens (tertiary/aromatic N) is 1. The normalized spacial score (nSPS) is 36.5. The predicted molar refractivity (Wildman–Crippen MR) is 58.7 cm³/mol. The second-order valence-electron chi connectivity index (χ2n) is 5.03. The molecule has 1 heterocycles.